The van der Waals surface area contributed by atoms with Crippen LogP contribution in [0.2, 0.25) is 5.02 Å². The number of carbonyl (C=O) groups is 2. The van der Waals surface area contributed by atoms with E-state index in [1.54, 1.807) is 0 Å². The van der Waals surface area contributed by atoms with Crippen molar-refractivity contribution in [3.05, 3.63) is 34.9 Å². The molecule has 7 heteroatoms. The monoisotopic (exact) mass is 422 g/mol. The second kappa shape index (κ2) is 8.64. The lowest BCUT2D eigenvalue weighted by atomic mass is 9.85. The molecule has 4 atom stereocenters. The summed E-state index contributed by atoms with van der Waals surface area (Å²) in [6, 6.07) is 7.72. The molecule has 5 nitrogen and oxygen atoms in total. The number of likely N-dealkylation sites (tertiary alicyclic amines) is 1. The van der Waals surface area contributed by atoms with Crippen molar-refractivity contribution in [2.75, 3.05) is 6.54 Å². The summed E-state index contributed by atoms with van der Waals surface area (Å²) in [5, 5.41) is 0.947. The van der Waals surface area contributed by atoms with Gasteiger partial charge in [-0.3, -0.25) is 4.79 Å². The number of carbonyl (C=O) groups excluding carboxylic acids is 2. The molecule has 0 spiro atoms. The van der Waals surface area contributed by atoms with E-state index in [4.69, 9.17) is 11.6 Å². The van der Waals surface area contributed by atoms with E-state index in [1.165, 1.54) is 0 Å². The van der Waals surface area contributed by atoms with E-state index in [9.17, 15) is 13.8 Å². The summed E-state index contributed by atoms with van der Waals surface area (Å²) in [6.07, 6.45) is 6.92. The van der Waals surface area contributed by atoms with Crippen LogP contribution in [-0.2, 0) is 20.6 Å². The fraction of sp³-hybridized carbons (Fsp3) is 0.619. The van der Waals surface area contributed by atoms with Gasteiger partial charge in [-0.05, 0) is 62.1 Å². The Bertz CT molecular complexity index is 749. The van der Waals surface area contributed by atoms with E-state index in [1.807, 2.05) is 29.2 Å². The fourth-order valence-electron chi connectivity index (χ4n) is 4.27. The van der Waals surface area contributed by atoms with Crippen molar-refractivity contribution >= 4 is 34.8 Å². The molecule has 1 N–H and O–H groups in total. The number of piperidine rings is 1. The van der Waals surface area contributed by atoms with Gasteiger partial charge in [-0.15, -0.1) is 0 Å². The summed E-state index contributed by atoms with van der Waals surface area (Å²) in [5.41, 5.74) is 1.08. The highest BCUT2D eigenvalue weighted by atomic mass is 35.5. The van der Waals surface area contributed by atoms with Crippen LogP contribution in [0.5, 0.6) is 0 Å². The first-order valence-corrected chi connectivity index (χ1v) is 11.8. The number of benzene rings is 1. The van der Waals surface area contributed by atoms with Gasteiger partial charge < -0.3 is 9.69 Å². The molecule has 2 saturated carbocycles. The van der Waals surface area contributed by atoms with Gasteiger partial charge in [-0.25, -0.2) is 8.93 Å². The second-order valence-corrected chi connectivity index (χ2v) is 10.2. The average Bonchev–Trinajstić information content (AvgIpc) is 3.57. The number of amides is 1. The van der Waals surface area contributed by atoms with Gasteiger partial charge in [-0.2, -0.15) is 0 Å². The minimum atomic E-state index is -1.02. The van der Waals surface area contributed by atoms with Crippen molar-refractivity contribution in [3.8, 4) is 0 Å². The molecular formula is C21H27ClN2O3S. The van der Waals surface area contributed by atoms with Crippen LogP contribution < -0.4 is 4.72 Å². The average molecular weight is 423 g/mol. The van der Waals surface area contributed by atoms with Gasteiger partial charge in [0, 0.05) is 35.2 Å². The van der Waals surface area contributed by atoms with Crippen LogP contribution in [0.4, 0.5) is 0 Å². The minimum Gasteiger partial charge on any atom is -0.331 e. The van der Waals surface area contributed by atoms with Gasteiger partial charge >= 0.3 is 0 Å². The summed E-state index contributed by atoms with van der Waals surface area (Å²) >= 11 is 6.06. The van der Waals surface area contributed by atoms with Gasteiger partial charge in [0.25, 0.3) is 0 Å². The van der Waals surface area contributed by atoms with E-state index in [-0.39, 0.29) is 35.6 Å². The maximum Gasteiger partial charge on any atom is 0.226 e. The zero-order valence-corrected chi connectivity index (χ0v) is 17.5. The number of nitrogens with zero attached hydrogens (tertiary/aromatic N) is 1. The Labute approximate surface area is 173 Å². The van der Waals surface area contributed by atoms with Gasteiger partial charge in [0.2, 0.25) is 5.91 Å². The smallest absolute Gasteiger partial charge is 0.226 e. The second-order valence-electron chi connectivity index (χ2n) is 8.24. The van der Waals surface area contributed by atoms with Crippen molar-refractivity contribution < 1.29 is 13.8 Å². The van der Waals surface area contributed by atoms with Crippen LogP contribution in [0.15, 0.2) is 24.3 Å². The Morgan fingerprint density at radius 3 is 2.46 bits per heavy atom. The van der Waals surface area contributed by atoms with Crippen molar-refractivity contribution in [1.82, 2.24) is 9.62 Å². The molecule has 1 amide bonds. The zero-order valence-electron chi connectivity index (χ0n) is 15.9. The molecule has 28 heavy (non-hydrogen) atoms. The van der Waals surface area contributed by atoms with Crippen LogP contribution in [0.25, 0.3) is 0 Å². The highest BCUT2D eigenvalue weighted by molar-refractivity contribution is 7.84. The van der Waals surface area contributed by atoms with E-state index >= 15 is 0 Å². The highest BCUT2D eigenvalue weighted by Gasteiger charge is 2.45. The predicted octanol–water partition coefficient (Wildman–Crippen LogP) is 3.40. The number of aldehydes is 1. The normalized spacial score (nSPS) is 27.5. The van der Waals surface area contributed by atoms with Crippen LogP contribution in [0.1, 0.15) is 56.6 Å². The molecule has 0 aromatic heterocycles. The van der Waals surface area contributed by atoms with Gasteiger partial charge in [-0.1, -0.05) is 23.7 Å². The molecule has 0 radical (unpaired) electrons. The van der Waals surface area contributed by atoms with E-state index in [2.05, 4.69) is 4.72 Å². The molecule has 3 fully saturated rings. The topological polar surface area (TPSA) is 66.5 Å². The van der Waals surface area contributed by atoms with Crippen molar-refractivity contribution in [2.45, 2.75) is 62.3 Å². The molecule has 4 rings (SSSR count). The first-order chi connectivity index (χ1) is 13.6. The first kappa shape index (κ1) is 20.0. The molecule has 1 aromatic carbocycles. The zero-order chi connectivity index (χ0) is 19.7. The summed E-state index contributed by atoms with van der Waals surface area (Å²) < 4.78 is 15.5. The Kier molecular flexibility index (Phi) is 6.18. The van der Waals surface area contributed by atoms with Crippen LogP contribution >= 0.6 is 11.6 Å². The molecule has 3 aliphatic rings. The summed E-state index contributed by atoms with van der Waals surface area (Å²) in [4.78, 5) is 26.5. The lowest BCUT2D eigenvalue weighted by molar-refractivity contribution is -0.147. The number of hydrogen-bond acceptors (Lipinski definition) is 3. The van der Waals surface area contributed by atoms with E-state index in [0.717, 1.165) is 50.4 Å². The minimum absolute atomic E-state index is 0.0188. The maximum atomic E-state index is 13.4. The Morgan fingerprint density at radius 2 is 1.86 bits per heavy atom. The fourth-order valence-corrected chi connectivity index (χ4v) is 5.53. The molecule has 1 heterocycles. The van der Waals surface area contributed by atoms with E-state index in [0.29, 0.717) is 17.5 Å². The summed E-state index contributed by atoms with van der Waals surface area (Å²) in [5.74, 6) is 0.267. The number of nitrogens with one attached hydrogen (secondary N) is 1. The third-order valence-corrected chi connectivity index (χ3v) is 7.93. The standard InChI is InChI=1S/C21H27ClN2O3S/c22-17-6-3-14(4-7-17)19-10-5-16(11-12-25)21(26)24(19)20(15-1-2-15)13-23-28(27)18-8-9-18/h3-4,6-7,12,15-16,18-20,23H,1-2,5,8-11,13H2/t16-,19+,20?,28?/m1/s1. The van der Waals surface area contributed by atoms with Crippen LogP contribution in [-0.4, -0.2) is 39.1 Å². The van der Waals surface area contributed by atoms with Crippen LogP contribution in [0.3, 0.4) is 0 Å². The Balaban J connectivity index is 1.58. The quantitative estimate of drug-likeness (QED) is 0.620. The highest BCUT2D eigenvalue weighted by Crippen LogP contribution is 2.43. The molecule has 152 valence electrons. The molecule has 2 aliphatic carbocycles. The summed E-state index contributed by atoms with van der Waals surface area (Å²) in [6.45, 7) is 0.553. The van der Waals surface area contributed by atoms with Crippen molar-refractivity contribution in [2.24, 2.45) is 11.8 Å². The number of hydrogen-bond donors (Lipinski definition) is 1. The molecule has 1 aliphatic heterocycles. The largest absolute Gasteiger partial charge is 0.331 e. The maximum absolute atomic E-state index is 13.4. The summed E-state index contributed by atoms with van der Waals surface area (Å²) in [7, 11) is -1.02. The lowest BCUT2D eigenvalue weighted by Gasteiger charge is -2.44. The van der Waals surface area contributed by atoms with Gasteiger partial charge in [0.15, 0.2) is 0 Å². The first-order valence-electron chi connectivity index (χ1n) is 10.2. The van der Waals surface area contributed by atoms with Crippen molar-refractivity contribution in [1.29, 1.82) is 0 Å². The molecule has 1 aromatic rings. The number of halogens is 1. The molecule has 2 unspecified atom stereocenters. The lowest BCUT2D eigenvalue weighted by Crippen LogP contribution is -2.53. The third-order valence-electron chi connectivity index (χ3n) is 6.15. The SMILES string of the molecule is O=CC[C@H]1CC[C@@H](c2ccc(Cl)cc2)N(C(CNS(=O)C2CC2)C2CC2)C1=O. The van der Waals surface area contributed by atoms with Gasteiger partial charge in [0.1, 0.15) is 6.29 Å². The molecular weight excluding hydrogens is 396 g/mol. The third kappa shape index (κ3) is 4.50. The van der Waals surface area contributed by atoms with Crippen molar-refractivity contribution in [3.63, 3.8) is 0 Å². The van der Waals surface area contributed by atoms with Gasteiger partial charge in [0.05, 0.1) is 17.0 Å². The number of rotatable bonds is 9. The van der Waals surface area contributed by atoms with E-state index < -0.39 is 11.0 Å². The molecule has 0 bridgehead atoms. The Morgan fingerprint density at radius 1 is 1.14 bits per heavy atom. The van der Waals surface area contributed by atoms with Crippen LogP contribution in [0, 0.1) is 11.8 Å². The Hall–Kier alpha value is -1.24. The molecule has 1 saturated heterocycles. The predicted molar refractivity (Wildman–Crippen MR) is 110 cm³/mol.